The minimum absolute atomic E-state index is 0.201. The van der Waals surface area contributed by atoms with Gasteiger partial charge in [0.05, 0.1) is 0 Å². The summed E-state index contributed by atoms with van der Waals surface area (Å²) < 4.78 is 24.7. The third-order valence-corrected chi connectivity index (χ3v) is 4.59. The zero-order chi connectivity index (χ0) is 17.5. The van der Waals surface area contributed by atoms with Gasteiger partial charge in [-0.3, -0.25) is 0 Å². The summed E-state index contributed by atoms with van der Waals surface area (Å²) >= 11 is 0. The van der Waals surface area contributed by atoms with E-state index in [1.54, 1.807) is 12.1 Å². The summed E-state index contributed by atoms with van der Waals surface area (Å²) in [6, 6.07) is 16.1. The average molecular weight is 345 g/mol. The molecule has 0 saturated carbocycles. The second-order valence-electron chi connectivity index (χ2n) is 6.36. The molecule has 2 aromatic rings. The Hall–Kier alpha value is -1.95. The normalized spacial score (nSPS) is 17.8. The van der Waals surface area contributed by atoms with E-state index >= 15 is 0 Å². The summed E-state index contributed by atoms with van der Waals surface area (Å²) in [7, 11) is 0. The Balaban J connectivity index is 1.61. The molecular weight excluding hydrogens is 321 g/mol. The summed E-state index contributed by atoms with van der Waals surface area (Å²) in [5.41, 5.74) is 0.514. The first kappa shape index (κ1) is 17.9. The molecule has 25 heavy (non-hydrogen) atoms. The van der Waals surface area contributed by atoms with Crippen molar-refractivity contribution >= 4 is 0 Å². The number of para-hydroxylation sites is 1. The first-order valence-electron chi connectivity index (χ1n) is 8.63. The Bertz CT molecular complexity index is 659. The smallest absolute Gasteiger partial charge is 0.123 e. The highest BCUT2D eigenvalue weighted by Crippen LogP contribution is 2.32. The van der Waals surface area contributed by atoms with E-state index in [2.05, 4.69) is 5.32 Å². The first-order chi connectivity index (χ1) is 12.2. The number of aliphatic hydroxyl groups is 1. The maximum Gasteiger partial charge on any atom is 0.123 e. The lowest BCUT2D eigenvalue weighted by Gasteiger charge is -2.39. The van der Waals surface area contributed by atoms with Crippen molar-refractivity contribution < 1.29 is 19.0 Å². The van der Waals surface area contributed by atoms with E-state index in [1.807, 2.05) is 36.4 Å². The molecule has 0 aromatic heterocycles. The molecule has 4 nitrogen and oxygen atoms in total. The van der Waals surface area contributed by atoms with E-state index in [0.717, 1.165) is 24.2 Å². The van der Waals surface area contributed by atoms with E-state index in [-0.39, 0.29) is 18.0 Å². The molecule has 0 aliphatic carbocycles. The van der Waals surface area contributed by atoms with Crippen LogP contribution in [-0.4, -0.2) is 37.6 Å². The molecule has 0 bridgehead atoms. The van der Waals surface area contributed by atoms with Crippen LogP contribution in [0, 0.1) is 5.82 Å². The van der Waals surface area contributed by atoms with Gasteiger partial charge in [0.15, 0.2) is 0 Å². The van der Waals surface area contributed by atoms with Crippen LogP contribution in [0.4, 0.5) is 4.39 Å². The van der Waals surface area contributed by atoms with E-state index in [0.29, 0.717) is 19.8 Å². The van der Waals surface area contributed by atoms with Gasteiger partial charge in [0.2, 0.25) is 0 Å². The number of benzene rings is 2. The van der Waals surface area contributed by atoms with Crippen LogP contribution in [0.25, 0.3) is 0 Å². The van der Waals surface area contributed by atoms with Crippen LogP contribution >= 0.6 is 0 Å². The van der Waals surface area contributed by atoms with Crippen LogP contribution < -0.4 is 10.1 Å². The molecule has 0 spiro atoms. The van der Waals surface area contributed by atoms with Crippen molar-refractivity contribution in [2.45, 2.75) is 24.5 Å². The second kappa shape index (κ2) is 8.43. The van der Waals surface area contributed by atoms with Crippen LogP contribution in [0.15, 0.2) is 54.6 Å². The van der Waals surface area contributed by atoms with Gasteiger partial charge < -0.3 is 19.9 Å². The van der Waals surface area contributed by atoms with Gasteiger partial charge in [-0.05, 0) is 42.7 Å². The molecule has 2 N–H and O–H groups in total. The first-order valence-corrected chi connectivity index (χ1v) is 8.63. The quantitative estimate of drug-likeness (QED) is 0.810. The number of nitrogens with one attached hydrogen (secondary N) is 1. The van der Waals surface area contributed by atoms with E-state index in [9.17, 15) is 9.50 Å². The lowest BCUT2D eigenvalue weighted by molar-refractivity contribution is 0.0257. The largest absolute Gasteiger partial charge is 0.491 e. The Morgan fingerprint density at radius 3 is 2.60 bits per heavy atom. The molecule has 134 valence electrons. The van der Waals surface area contributed by atoms with E-state index < -0.39 is 6.10 Å². The molecule has 1 atom stereocenters. The van der Waals surface area contributed by atoms with E-state index in [4.69, 9.17) is 9.47 Å². The fourth-order valence-corrected chi connectivity index (χ4v) is 3.15. The molecule has 2 aromatic carbocycles. The Morgan fingerprint density at radius 1 is 1.12 bits per heavy atom. The number of hydrogen-bond acceptors (Lipinski definition) is 4. The predicted octanol–water partition coefficient (Wildman–Crippen LogP) is 2.86. The van der Waals surface area contributed by atoms with Crippen molar-refractivity contribution in [2.24, 2.45) is 0 Å². The van der Waals surface area contributed by atoms with E-state index in [1.165, 1.54) is 6.07 Å². The maximum absolute atomic E-state index is 13.7. The van der Waals surface area contributed by atoms with Crippen LogP contribution in [0.1, 0.15) is 18.4 Å². The fraction of sp³-hybridized carbons (Fsp3) is 0.400. The summed E-state index contributed by atoms with van der Waals surface area (Å²) in [6.45, 7) is 1.79. The molecule has 1 heterocycles. The maximum atomic E-state index is 13.7. The number of ether oxygens (including phenoxy) is 2. The lowest BCUT2D eigenvalue weighted by Crippen LogP contribution is -2.50. The van der Waals surface area contributed by atoms with Crippen molar-refractivity contribution in [2.75, 3.05) is 26.4 Å². The van der Waals surface area contributed by atoms with Gasteiger partial charge in [0.25, 0.3) is 0 Å². The highest BCUT2D eigenvalue weighted by atomic mass is 19.1. The number of rotatable bonds is 7. The highest BCUT2D eigenvalue weighted by molar-refractivity contribution is 5.26. The fourth-order valence-electron chi connectivity index (χ4n) is 3.15. The standard InChI is InChI=1S/C20H24FNO3/c21-17-6-4-5-16(13-17)20(9-11-24-12-10-20)22-14-18(23)15-25-19-7-2-1-3-8-19/h1-8,13,18,22-23H,9-12,14-15H2/t18-/m1/s1. The summed E-state index contributed by atoms with van der Waals surface area (Å²) in [6.07, 6.45) is 0.819. The van der Waals surface area contributed by atoms with Crippen molar-refractivity contribution in [3.8, 4) is 5.75 Å². The van der Waals surface area contributed by atoms with Crippen molar-refractivity contribution in [1.29, 1.82) is 0 Å². The van der Waals surface area contributed by atoms with Gasteiger partial charge in [-0.1, -0.05) is 30.3 Å². The van der Waals surface area contributed by atoms with Crippen molar-refractivity contribution in [3.05, 3.63) is 66.0 Å². The molecule has 1 aliphatic heterocycles. The number of hydrogen-bond donors (Lipinski definition) is 2. The van der Waals surface area contributed by atoms with Crippen LogP contribution in [0.3, 0.4) is 0 Å². The summed E-state index contributed by atoms with van der Waals surface area (Å²) in [4.78, 5) is 0. The third kappa shape index (κ3) is 4.78. The molecule has 1 fully saturated rings. The molecule has 5 heteroatoms. The third-order valence-electron chi connectivity index (χ3n) is 4.59. The minimum Gasteiger partial charge on any atom is -0.491 e. The zero-order valence-corrected chi connectivity index (χ0v) is 14.2. The molecule has 3 rings (SSSR count). The number of aliphatic hydroxyl groups excluding tert-OH is 1. The van der Waals surface area contributed by atoms with Crippen LogP contribution in [-0.2, 0) is 10.3 Å². The Labute approximate surface area is 147 Å². The predicted molar refractivity (Wildman–Crippen MR) is 94.1 cm³/mol. The topological polar surface area (TPSA) is 50.7 Å². The van der Waals surface area contributed by atoms with Gasteiger partial charge >= 0.3 is 0 Å². The van der Waals surface area contributed by atoms with Crippen molar-refractivity contribution in [3.63, 3.8) is 0 Å². The SMILES string of the molecule is O[C@H](CNC1(c2cccc(F)c2)CCOCC1)COc1ccccc1. The minimum atomic E-state index is -0.659. The molecule has 1 aliphatic rings. The van der Waals surface area contributed by atoms with Crippen molar-refractivity contribution in [1.82, 2.24) is 5.32 Å². The van der Waals surface area contributed by atoms with Crippen LogP contribution in [0.2, 0.25) is 0 Å². The molecule has 0 unspecified atom stereocenters. The van der Waals surface area contributed by atoms with Crippen LogP contribution in [0.5, 0.6) is 5.75 Å². The Kier molecular flexibility index (Phi) is 6.02. The summed E-state index contributed by atoms with van der Waals surface area (Å²) in [5, 5.41) is 13.7. The van der Waals surface area contributed by atoms with Gasteiger partial charge in [-0.2, -0.15) is 0 Å². The lowest BCUT2D eigenvalue weighted by atomic mass is 9.82. The molecule has 0 radical (unpaired) electrons. The zero-order valence-electron chi connectivity index (χ0n) is 14.2. The molecule has 1 saturated heterocycles. The molecular formula is C20H24FNO3. The second-order valence-corrected chi connectivity index (χ2v) is 6.36. The Morgan fingerprint density at radius 2 is 1.88 bits per heavy atom. The van der Waals surface area contributed by atoms with Gasteiger partial charge in [-0.25, -0.2) is 4.39 Å². The van der Waals surface area contributed by atoms with Gasteiger partial charge in [0, 0.05) is 25.3 Å². The monoisotopic (exact) mass is 345 g/mol. The van der Waals surface area contributed by atoms with Gasteiger partial charge in [0.1, 0.15) is 24.3 Å². The average Bonchev–Trinajstić information content (AvgIpc) is 2.66. The highest BCUT2D eigenvalue weighted by Gasteiger charge is 2.34. The molecule has 0 amide bonds. The number of halogens is 1. The van der Waals surface area contributed by atoms with Gasteiger partial charge in [-0.15, -0.1) is 0 Å². The summed E-state index contributed by atoms with van der Waals surface area (Å²) in [5.74, 6) is 0.477.